The summed E-state index contributed by atoms with van der Waals surface area (Å²) in [6.45, 7) is 8.61. The Bertz CT molecular complexity index is 210. The molecule has 1 N–H and O–H groups in total. The van der Waals surface area contributed by atoms with Crippen molar-refractivity contribution in [3.63, 3.8) is 0 Å². The molecule has 2 nitrogen and oxygen atoms in total. The third-order valence-electron chi connectivity index (χ3n) is 4.71. The lowest BCUT2D eigenvalue weighted by molar-refractivity contribution is 0.148. The van der Waals surface area contributed by atoms with Crippen LogP contribution in [0, 0.1) is 11.3 Å². The molecule has 1 unspecified atom stereocenters. The molecular formula is C13H27ClN2. The van der Waals surface area contributed by atoms with Gasteiger partial charge in [0, 0.05) is 12.6 Å². The van der Waals surface area contributed by atoms with Crippen molar-refractivity contribution in [1.82, 2.24) is 10.2 Å². The van der Waals surface area contributed by atoms with Crippen molar-refractivity contribution in [2.45, 2.75) is 45.6 Å². The average molecular weight is 247 g/mol. The number of piperidine rings is 1. The van der Waals surface area contributed by atoms with Gasteiger partial charge in [0.1, 0.15) is 0 Å². The van der Waals surface area contributed by atoms with Crippen LogP contribution in [-0.2, 0) is 0 Å². The highest BCUT2D eigenvalue weighted by molar-refractivity contribution is 5.85. The van der Waals surface area contributed by atoms with Gasteiger partial charge in [0.05, 0.1) is 0 Å². The molecule has 1 atom stereocenters. The third-order valence-corrected chi connectivity index (χ3v) is 4.71. The predicted molar refractivity (Wildman–Crippen MR) is 72.3 cm³/mol. The van der Waals surface area contributed by atoms with Gasteiger partial charge in [-0.1, -0.05) is 6.92 Å². The summed E-state index contributed by atoms with van der Waals surface area (Å²) < 4.78 is 0. The summed E-state index contributed by atoms with van der Waals surface area (Å²) in [4.78, 5) is 2.60. The summed E-state index contributed by atoms with van der Waals surface area (Å²) in [6, 6.07) is 0.771. The first-order valence-electron chi connectivity index (χ1n) is 6.53. The minimum atomic E-state index is 0. The number of rotatable bonds is 4. The molecule has 0 spiro atoms. The molecule has 96 valence electrons. The number of halogens is 1. The summed E-state index contributed by atoms with van der Waals surface area (Å²) in [5, 5.41) is 3.44. The number of nitrogens with one attached hydrogen (secondary N) is 1. The maximum atomic E-state index is 3.44. The molecule has 0 aromatic carbocycles. The first-order chi connectivity index (χ1) is 7.12. The summed E-state index contributed by atoms with van der Waals surface area (Å²) in [5.41, 5.74) is 0.641. The third kappa shape index (κ3) is 3.35. The second kappa shape index (κ2) is 5.70. The van der Waals surface area contributed by atoms with Crippen molar-refractivity contribution in [2.24, 2.45) is 11.3 Å². The van der Waals surface area contributed by atoms with Crippen molar-refractivity contribution in [2.75, 3.05) is 26.7 Å². The zero-order valence-corrected chi connectivity index (χ0v) is 11.8. The van der Waals surface area contributed by atoms with E-state index in [1.807, 2.05) is 0 Å². The molecule has 0 aromatic heterocycles. The van der Waals surface area contributed by atoms with Crippen molar-refractivity contribution >= 4 is 12.4 Å². The van der Waals surface area contributed by atoms with Crippen molar-refractivity contribution < 1.29 is 0 Å². The minimum absolute atomic E-state index is 0. The summed E-state index contributed by atoms with van der Waals surface area (Å²) >= 11 is 0. The van der Waals surface area contributed by atoms with Crippen LogP contribution in [0.15, 0.2) is 0 Å². The lowest BCUT2D eigenvalue weighted by Crippen LogP contribution is -2.41. The van der Waals surface area contributed by atoms with Gasteiger partial charge >= 0.3 is 0 Å². The van der Waals surface area contributed by atoms with Crippen LogP contribution in [0.5, 0.6) is 0 Å². The van der Waals surface area contributed by atoms with Gasteiger partial charge in [-0.15, -0.1) is 12.4 Å². The van der Waals surface area contributed by atoms with E-state index >= 15 is 0 Å². The van der Waals surface area contributed by atoms with E-state index in [9.17, 15) is 0 Å². The van der Waals surface area contributed by atoms with Crippen LogP contribution in [0.1, 0.15) is 39.5 Å². The van der Waals surface area contributed by atoms with Gasteiger partial charge in [0.15, 0.2) is 0 Å². The molecule has 16 heavy (non-hydrogen) atoms. The lowest BCUT2D eigenvalue weighted by atomic mass is 9.94. The van der Waals surface area contributed by atoms with E-state index in [2.05, 4.69) is 31.1 Å². The summed E-state index contributed by atoms with van der Waals surface area (Å²) in [7, 11) is 2.32. The van der Waals surface area contributed by atoms with Gasteiger partial charge in [-0.25, -0.2) is 0 Å². The molecule has 2 fully saturated rings. The fraction of sp³-hybridized carbons (Fsp3) is 1.00. The van der Waals surface area contributed by atoms with Crippen LogP contribution >= 0.6 is 12.4 Å². The highest BCUT2D eigenvalue weighted by Crippen LogP contribution is 2.49. The fourth-order valence-corrected chi connectivity index (χ4v) is 2.78. The molecule has 1 aliphatic carbocycles. The Morgan fingerprint density at radius 1 is 1.31 bits per heavy atom. The second-order valence-electron chi connectivity index (χ2n) is 5.96. The van der Waals surface area contributed by atoms with Crippen molar-refractivity contribution in [3.8, 4) is 0 Å². The van der Waals surface area contributed by atoms with Gasteiger partial charge in [-0.2, -0.15) is 0 Å². The topological polar surface area (TPSA) is 15.3 Å². The molecule has 0 amide bonds. The Morgan fingerprint density at radius 3 is 2.38 bits per heavy atom. The number of hydrogen-bond donors (Lipinski definition) is 1. The predicted octanol–water partition coefficient (Wildman–Crippen LogP) is 2.53. The van der Waals surface area contributed by atoms with Crippen LogP contribution < -0.4 is 5.32 Å². The van der Waals surface area contributed by atoms with Crippen LogP contribution in [0.3, 0.4) is 0 Å². The minimum Gasteiger partial charge on any atom is -0.317 e. The molecule has 1 saturated heterocycles. The van der Waals surface area contributed by atoms with Crippen LogP contribution in [-0.4, -0.2) is 37.6 Å². The molecule has 0 radical (unpaired) electrons. The molecule has 1 aliphatic heterocycles. The van der Waals surface area contributed by atoms with E-state index in [0.29, 0.717) is 5.41 Å². The van der Waals surface area contributed by atoms with E-state index < -0.39 is 0 Å². The highest BCUT2D eigenvalue weighted by atomic mass is 35.5. The zero-order chi connectivity index (χ0) is 10.9. The van der Waals surface area contributed by atoms with Crippen molar-refractivity contribution in [1.29, 1.82) is 0 Å². The van der Waals surface area contributed by atoms with Gasteiger partial charge < -0.3 is 10.2 Å². The van der Waals surface area contributed by atoms with E-state index in [1.165, 1.54) is 45.3 Å². The SMILES string of the molecule is CC(N(C)CC1CCNCC1)C1(C)CC1.Cl. The molecular weight excluding hydrogens is 220 g/mol. The molecule has 0 bridgehead atoms. The summed E-state index contributed by atoms with van der Waals surface area (Å²) in [6.07, 6.45) is 5.61. The maximum Gasteiger partial charge on any atom is 0.0118 e. The molecule has 0 aromatic rings. The first-order valence-corrected chi connectivity index (χ1v) is 6.53. The van der Waals surface area contributed by atoms with Gasteiger partial charge in [-0.3, -0.25) is 0 Å². The van der Waals surface area contributed by atoms with Crippen LogP contribution in [0.4, 0.5) is 0 Å². The van der Waals surface area contributed by atoms with E-state index in [0.717, 1.165) is 12.0 Å². The Kier molecular flexibility index (Phi) is 5.09. The Hall–Kier alpha value is 0.210. The van der Waals surface area contributed by atoms with E-state index in [4.69, 9.17) is 0 Å². The molecule has 3 heteroatoms. The monoisotopic (exact) mass is 246 g/mol. The first kappa shape index (κ1) is 14.3. The maximum absolute atomic E-state index is 3.44. The Morgan fingerprint density at radius 2 is 1.88 bits per heavy atom. The van der Waals surface area contributed by atoms with E-state index in [1.54, 1.807) is 0 Å². The Balaban J connectivity index is 0.00000128. The zero-order valence-electron chi connectivity index (χ0n) is 11.0. The van der Waals surface area contributed by atoms with Crippen LogP contribution in [0.25, 0.3) is 0 Å². The fourth-order valence-electron chi connectivity index (χ4n) is 2.78. The molecule has 1 saturated carbocycles. The van der Waals surface area contributed by atoms with Gasteiger partial charge in [0.25, 0.3) is 0 Å². The number of nitrogens with zero attached hydrogens (tertiary/aromatic N) is 1. The lowest BCUT2D eigenvalue weighted by Gasteiger charge is -2.34. The largest absolute Gasteiger partial charge is 0.317 e. The standard InChI is InChI=1S/C13H26N2.ClH/c1-11(13(2)6-7-13)15(3)10-12-4-8-14-9-5-12;/h11-12,14H,4-10H2,1-3H3;1H. The quantitative estimate of drug-likeness (QED) is 0.820. The molecule has 2 aliphatic rings. The average Bonchev–Trinajstić information content (AvgIpc) is 2.98. The highest BCUT2D eigenvalue weighted by Gasteiger charge is 2.44. The number of hydrogen-bond acceptors (Lipinski definition) is 2. The van der Waals surface area contributed by atoms with Crippen molar-refractivity contribution in [3.05, 3.63) is 0 Å². The smallest absolute Gasteiger partial charge is 0.0118 e. The van der Waals surface area contributed by atoms with Gasteiger partial charge in [-0.05, 0) is 64.1 Å². The summed E-state index contributed by atoms with van der Waals surface area (Å²) in [5.74, 6) is 0.932. The van der Waals surface area contributed by atoms with E-state index in [-0.39, 0.29) is 12.4 Å². The molecule has 1 heterocycles. The normalized spacial score (nSPS) is 26.2. The van der Waals surface area contributed by atoms with Gasteiger partial charge in [0.2, 0.25) is 0 Å². The second-order valence-corrected chi connectivity index (χ2v) is 5.96. The van der Waals surface area contributed by atoms with Crippen LogP contribution in [0.2, 0.25) is 0 Å². The molecule has 2 rings (SSSR count). The Labute approximate surface area is 107 Å².